The Hall–Kier alpha value is -1.27. The molecule has 0 unspecified atom stereocenters. The number of rotatable bonds is 12. The van der Waals surface area contributed by atoms with E-state index in [9.17, 15) is 0 Å². The van der Waals surface area contributed by atoms with E-state index in [1.165, 1.54) is 0 Å². The average Bonchev–Trinajstić information content (AvgIpc) is 2.71. The summed E-state index contributed by atoms with van der Waals surface area (Å²) in [5.74, 6) is 1.45. The Labute approximate surface area is 182 Å². The molecule has 0 aromatic heterocycles. The second-order valence-electron chi connectivity index (χ2n) is 6.57. The van der Waals surface area contributed by atoms with Gasteiger partial charge in [0.05, 0.1) is 7.11 Å². The van der Waals surface area contributed by atoms with Crippen LogP contribution in [-0.2, 0) is 13.2 Å². The Bertz CT molecular complexity index is 721. The molecule has 0 radical (unpaired) electrons. The predicted octanol–water partition coefficient (Wildman–Crippen LogP) is 5.51. The van der Waals surface area contributed by atoms with Crippen molar-refractivity contribution < 1.29 is 9.47 Å². The van der Waals surface area contributed by atoms with Crippen LogP contribution in [0.15, 0.2) is 40.9 Å². The summed E-state index contributed by atoms with van der Waals surface area (Å²) >= 11 is 9.59. The normalized spacial score (nSPS) is 11.1. The second kappa shape index (κ2) is 12.3. The van der Waals surface area contributed by atoms with Crippen LogP contribution in [0.4, 0.5) is 0 Å². The number of hydrogen-bond donors (Lipinski definition) is 1. The molecular formula is C22H30BrClN2O2. The molecule has 6 heteroatoms. The van der Waals surface area contributed by atoms with Crippen molar-refractivity contribution in [1.29, 1.82) is 0 Å². The zero-order chi connectivity index (χ0) is 20.4. The summed E-state index contributed by atoms with van der Waals surface area (Å²) in [5, 5.41) is 4.23. The maximum atomic E-state index is 5.96. The van der Waals surface area contributed by atoms with E-state index < -0.39 is 0 Å². The Morgan fingerprint density at radius 2 is 1.79 bits per heavy atom. The standard InChI is InChI=1S/C22H30BrClN2O2/c1-4-26(5-2)12-6-11-25-15-18-13-21(27-3)22(14-20(18)23)28-16-17-7-9-19(24)10-8-17/h7-10,13-14,25H,4-6,11-12,15-16H2,1-3H3. The van der Waals surface area contributed by atoms with Crippen molar-refractivity contribution in [3.63, 3.8) is 0 Å². The van der Waals surface area contributed by atoms with E-state index >= 15 is 0 Å². The van der Waals surface area contributed by atoms with Gasteiger partial charge in [0.15, 0.2) is 11.5 Å². The summed E-state index contributed by atoms with van der Waals surface area (Å²) in [6.45, 7) is 9.98. The molecule has 0 amide bonds. The summed E-state index contributed by atoms with van der Waals surface area (Å²) in [6, 6.07) is 11.6. The van der Waals surface area contributed by atoms with Crippen LogP contribution < -0.4 is 14.8 Å². The van der Waals surface area contributed by atoms with Crippen molar-refractivity contribution in [2.45, 2.75) is 33.4 Å². The van der Waals surface area contributed by atoms with Crippen molar-refractivity contribution >= 4 is 27.5 Å². The molecule has 2 aromatic carbocycles. The van der Waals surface area contributed by atoms with Gasteiger partial charge in [-0.05, 0) is 68.0 Å². The fourth-order valence-corrected chi connectivity index (χ4v) is 3.51. The van der Waals surface area contributed by atoms with Gasteiger partial charge in [-0.25, -0.2) is 0 Å². The van der Waals surface area contributed by atoms with Gasteiger partial charge in [-0.1, -0.05) is 53.5 Å². The van der Waals surface area contributed by atoms with Crippen molar-refractivity contribution in [2.24, 2.45) is 0 Å². The second-order valence-corrected chi connectivity index (χ2v) is 7.86. The minimum atomic E-state index is 0.461. The zero-order valence-corrected chi connectivity index (χ0v) is 19.3. The quantitative estimate of drug-likeness (QED) is 0.415. The van der Waals surface area contributed by atoms with Crippen molar-refractivity contribution in [3.8, 4) is 11.5 Å². The van der Waals surface area contributed by atoms with Gasteiger partial charge in [0.2, 0.25) is 0 Å². The molecule has 2 rings (SSSR count). The molecule has 0 spiro atoms. The van der Waals surface area contributed by atoms with Crippen LogP contribution in [0.5, 0.6) is 11.5 Å². The van der Waals surface area contributed by atoms with E-state index in [4.69, 9.17) is 21.1 Å². The molecule has 0 aliphatic carbocycles. The first-order valence-corrected chi connectivity index (χ1v) is 10.9. The van der Waals surface area contributed by atoms with E-state index in [1.54, 1.807) is 7.11 Å². The maximum Gasteiger partial charge on any atom is 0.162 e. The largest absolute Gasteiger partial charge is 0.493 e. The van der Waals surface area contributed by atoms with Crippen LogP contribution in [0.1, 0.15) is 31.4 Å². The van der Waals surface area contributed by atoms with Gasteiger partial charge in [0.25, 0.3) is 0 Å². The summed E-state index contributed by atoms with van der Waals surface area (Å²) < 4.78 is 12.5. The molecule has 0 saturated carbocycles. The van der Waals surface area contributed by atoms with Gasteiger partial charge in [0.1, 0.15) is 6.61 Å². The average molecular weight is 470 g/mol. The Balaban J connectivity index is 1.90. The van der Waals surface area contributed by atoms with E-state index in [0.717, 1.165) is 71.3 Å². The number of ether oxygens (including phenoxy) is 2. The highest BCUT2D eigenvalue weighted by Crippen LogP contribution is 2.34. The number of methoxy groups -OCH3 is 1. The van der Waals surface area contributed by atoms with Gasteiger partial charge >= 0.3 is 0 Å². The monoisotopic (exact) mass is 468 g/mol. The van der Waals surface area contributed by atoms with E-state index in [-0.39, 0.29) is 0 Å². The van der Waals surface area contributed by atoms with Crippen LogP contribution in [-0.4, -0.2) is 38.2 Å². The molecule has 154 valence electrons. The summed E-state index contributed by atoms with van der Waals surface area (Å²) in [5.41, 5.74) is 2.21. The van der Waals surface area contributed by atoms with Crippen LogP contribution in [0.3, 0.4) is 0 Å². The fourth-order valence-electron chi connectivity index (χ4n) is 2.92. The summed E-state index contributed by atoms with van der Waals surface area (Å²) in [4.78, 5) is 2.44. The number of halogens is 2. The number of nitrogens with zero attached hydrogens (tertiary/aromatic N) is 1. The fraction of sp³-hybridized carbons (Fsp3) is 0.455. The number of hydrogen-bond acceptors (Lipinski definition) is 4. The van der Waals surface area contributed by atoms with Crippen LogP contribution >= 0.6 is 27.5 Å². The topological polar surface area (TPSA) is 33.7 Å². The predicted molar refractivity (Wildman–Crippen MR) is 121 cm³/mol. The molecular weight excluding hydrogens is 440 g/mol. The number of benzene rings is 2. The highest BCUT2D eigenvalue weighted by atomic mass is 79.9. The SMILES string of the molecule is CCN(CC)CCCNCc1cc(OC)c(OCc2ccc(Cl)cc2)cc1Br. The Morgan fingerprint density at radius 1 is 1.07 bits per heavy atom. The van der Waals surface area contributed by atoms with Gasteiger partial charge in [0, 0.05) is 16.0 Å². The highest BCUT2D eigenvalue weighted by Gasteiger charge is 2.11. The van der Waals surface area contributed by atoms with E-state index in [1.807, 2.05) is 36.4 Å². The lowest BCUT2D eigenvalue weighted by Gasteiger charge is -2.18. The van der Waals surface area contributed by atoms with Crippen molar-refractivity contribution in [3.05, 3.63) is 57.0 Å². The zero-order valence-electron chi connectivity index (χ0n) is 16.9. The summed E-state index contributed by atoms with van der Waals surface area (Å²) in [6.07, 6.45) is 1.14. The third kappa shape index (κ3) is 7.28. The molecule has 28 heavy (non-hydrogen) atoms. The van der Waals surface area contributed by atoms with E-state index in [2.05, 4.69) is 40.0 Å². The first-order valence-electron chi connectivity index (χ1n) is 9.74. The molecule has 1 N–H and O–H groups in total. The molecule has 0 aliphatic rings. The Morgan fingerprint density at radius 3 is 2.43 bits per heavy atom. The third-order valence-corrected chi connectivity index (χ3v) is 5.67. The van der Waals surface area contributed by atoms with E-state index in [0.29, 0.717) is 6.61 Å². The molecule has 0 heterocycles. The molecule has 2 aromatic rings. The summed E-state index contributed by atoms with van der Waals surface area (Å²) in [7, 11) is 1.67. The van der Waals surface area contributed by atoms with Crippen LogP contribution in [0.25, 0.3) is 0 Å². The van der Waals surface area contributed by atoms with Gasteiger partial charge in [-0.2, -0.15) is 0 Å². The van der Waals surface area contributed by atoms with Gasteiger partial charge < -0.3 is 19.7 Å². The third-order valence-electron chi connectivity index (χ3n) is 4.68. The van der Waals surface area contributed by atoms with Crippen LogP contribution in [0.2, 0.25) is 5.02 Å². The maximum absolute atomic E-state index is 5.96. The van der Waals surface area contributed by atoms with Crippen molar-refractivity contribution in [1.82, 2.24) is 10.2 Å². The first kappa shape index (κ1) is 23.0. The van der Waals surface area contributed by atoms with Crippen molar-refractivity contribution in [2.75, 3.05) is 33.3 Å². The number of nitrogens with one attached hydrogen (secondary N) is 1. The smallest absolute Gasteiger partial charge is 0.162 e. The molecule has 4 nitrogen and oxygen atoms in total. The molecule has 0 fully saturated rings. The first-order chi connectivity index (χ1) is 13.6. The lowest BCUT2D eigenvalue weighted by molar-refractivity contribution is 0.284. The molecule has 0 atom stereocenters. The minimum Gasteiger partial charge on any atom is -0.493 e. The van der Waals surface area contributed by atoms with Crippen LogP contribution in [0, 0.1) is 0 Å². The molecule has 0 saturated heterocycles. The lowest BCUT2D eigenvalue weighted by atomic mass is 10.2. The lowest BCUT2D eigenvalue weighted by Crippen LogP contribution is -2.27. The molecule has 0 aliphatic heterocycles. The Kier molecular flexibility index (Phi) is 10.1. The van der Waals surface area contributed by atoms with Gasteiger partial charge in [-0.3, -0.25) is 0 Å². The van der Waals surface area contributed by atoms with Gasteiger partial charge in [-0.15, -0.1) is 0 Å². The minimum absolute atomic E-state index is 0.461. The highest BCUT2D eigenvalue weighted by molar-refractivity contribution is 9.10. The molecule has 0 bridgehead atoms.